The normalized spacial score (nSPS) is 12.2. The number of nitrogens with zero attached hydrogens (tertiary/aromatic N) is 4. The van der Waals surface area contributed by atoms with Gasteiger partial charge in [-0.05, 0) is 49.1 Å². The Kier molecular flexibility index (Phi) is 5.16. The van der Waals surface area contributed by atoms with Crippen LogP contribution in [0.25, 0.3) is 16.9 Å². The zero-order chi connectivity index (χ0) is 20.4. The Balaban J connectivity index is 1.57. The lowest BCUT2D eigenvalue weighted by Gasteiger charge is -2.13. The molecule has 1 unspecified atom stereocenters. The van der Waals surface area contributed by atoms with E-state index in [1.807, 2.05) is 60.3 Å². The number of hydrogen-bond acceptors (Lipinski definition) is 3. The first-order valence-electron chi connectivity index (χ1n) is 9.82. The summed E-state index contributed by atoms with van der Waals surface area (Å²) in [5, 5.41) is 8.72. The molecule has 0 saturated carbocycles. The van der Waals surface area contributed by atoms with Crippen molar-refractivity contribution in [2.75, 3.05) is 6.54 Å². The lowest BCUT2D eigenvalue weighted by Crippen LogP contribution is -2.31. The quantitative estimate of drug-likeness (QED) is 0.548. The molecule has 1 aromatic carbocycles. The first-order valence-corrected chi connectivity index (χ1v) is 9.82. The summed E-state index contributed by atoms with van der Waals surface area (Å²) in [5.41, 5.74) is 3.95. The van der Waals surface area contributed by atoms with Crippen LogP contribution in [-0.4, -0.2) is 31.8 Å². The maximum Gasteiger partial charge on any atom is 0.241 e. The topological polar surface area (TPSA) is 64.7 Å². The number of aryl methyl sites for hydroxylation is 2. The van der Waals surface area contributed by atoms with Gasteiger partial charge in [-0.1, -0.05) is 37.3 Å². The van der Waals surface area contributed by atoms with Gasteiger partial charge in [0, 0.05) is 24.6 Å². The van der Waals surface area contributed by atoms with Crippen molar-refractivity contribution in [2.24, 2.45) is 0 Å². The Morgan fingerprint density at radius 2 is 1.83 bits per heavy atom. The molecule has 0 aliphatic heterocycles. The van der Waals surface area contributed by atoms with Crippen LogP contribution in [0, 0.1) is 13.8 Å². The third kappa shape index (κ3) is 3.92. The highest BCUT2D eigenvalue weighted by molar-refractivity contribution is 5.88. The fraction of sp³-hybridized carbons (Fsp3) is 0.261. The summed E-state index contributed by atoms with van der Waals surface area (Å²) in [7, 11) is 0. The van der Waals surface area contributed by atoms with E-state index in [4.69, 9.17) is 5.10 Å². The molecule has 0 aliphatic carbocycles. The van der Waals surface area contributed by atoms with Crippen LogP contribution in [0.2, 0.25) is 0 Å². The van der Waals surface area contributed by atoms with Crippen LogP contribution in [0.4, 0.5) is 0 Å². The minimum atomic E-state index is -0.0720. The SMILES string of the molecule is Cc1cc(C)c2c(-n3cccc3)nn(CC(=O)NCC(C)c3ccccc3)c2n1. The molecule has 4 rings (SSSR count). The van der Waals surface area contributed by atoms with Crippen molar-refractivity contribution < 1.29 is 4.79 Å². The third-order valence-corrected chi connectivity index (χ3v) is 5.13. The predicted octanol–water partition coefficient (Wildman–Crippen LogP) is 3.76. The molecular formula is C23H25N5O. The van der Waals surface area contributed by atoms with Crippen molar-refractivity contribution in [3.63, 3.8) is 0 Å². The van der Waals surface area contributed by atoms with Crippen LogP contribution in [0.5, 0.6) is 0 Å². The van der Waals surface area contributed by atoms with E-state index in [0.29, 0.717) is 6.54 Å². The van der Waals surface area contributed by atoms with Gasteiger partial charge in [-0.15, -0.1) is 0 Å². The number of pyridine rings is 1. The summed E-state index contributed by atoms with van der Waals surface area (Å²) in [4.78, 5) is 17.3. The second kappa shape index (κ2) is 7.91. The van der Waals surface area contributed by atoms with E-state index >= 15 is 0 Å². The maximum atomic E-state index is 12.7. The number of carbonyl (C=O) groups is 1. The average molecular weight is 387 g/mol. The molecule has 0 saturated heterocycles. The van der Waals surface area contributed by atoms with E-state index in [9.17, 15) is 4.79 Å². The summed E-state index contributed by atoms with van der Waals surface area (Å²) in [6, 6.07) is 16.2. The molecule has 3 aromatic heterocycles. The monoisotopic (exact) mass is 387 g/mol. The maximum absolute atomic E-state index is 12.7. The molecule has 1 N–H and O–H groups in total. The number of carbonyl (C=O) groups excluding carboxylic acids is 1. The van der Waals surface area contributed by atoms with Crippen molar-refractivity contribution in [1.82, 2.24) is 24.6 Å². The molecule has 1 atom stereocenters. The number of benzene rings is 1. The van der Waals surface area contributed by atoms with Gasteiger partial charge < -0.3 is 9.88 Å². The van der Waals surface area contributed by atoms with Crippen LogP contribution < -0.4 is 5.32 Å². The van der Waals surface area contributed by atoms with Gasteiger partial charge in [-0.3, -0.25) is 4.79 Å². The summed E-state index contributed by atoms with van der Waals surface area (Å²) in [6.45, 7) is 6.84. The van der Waals surface area contributed by atoms with Crippen LogP contribution in [0.1, 0.15) is 29.7 Å². The summed E-state index contributed by atoms with van der Waals surface area (Å²) < 4.78 is 3.66. The van der Waals surface area contributed by atoms with Crippen LogP contribution in [-0.2, 0) is 11.3 Å². The van der Waals surface area contributed by atoms with Crippen molar-refractivity contribution in [1.29, 1.82) is 0 Å². The van der Waals surface area contributed by atoms with Gasteiger partial charge in [0.15, 0.2) is 11.5 Å². The molecule has 6 heteroatoms. The second-order valence-electron chi connectivity index (χ2n) is 7.47. The summed E-state index contributed by atoms with van der Waals surface area (Å²) in [5.74, 6) is 0.963. The number of amides is 1. The van der Waals surface area contributed by atoms with E-state index < -0.39 is 0 Å². The van der Waals surface area contributed by atoms with Crippen LogP contribution in [0.3, 0.4) is 0 Å². The van der Waals surface area contributed by atoms with Gasteiger partial charge in [-0.25, -0.2) is 9.67 Å². The van der Waals surface area contributed by atoms with Crippen LogP contribution in [0.15, 0.2) is 60.9 Å². The Morgan fingerprint density at radius 1 is 1.10 bits per heavy atom. The number of rotatable bonds is 6. The molecule has 6 nitrogen and oxygen atoms in total. The lowest BCUT2D eigenvalue weighted by atomic mass is 10.0. The number of nitrogens with one attached hydrogen (secondary N) is 1. The van der Waals surface area contributed by atoms with E-state index in [1.165, 1.54) is 5.56 Å². The highest BCUT2D eigenvalue weighted by Crippen LogP contribution is 2.25. The first-order chi connectivity index (χ1) is 14.0. The Bertz CT molecular complexity index is 1130. The molecule has 0 spiro atoms. The van der Waals surface area contributed by atoms with Crippen molar-refractivity contribution in [2.45, 2.75) is 33.2 Å². The molecule has 0 bridgehead atoms. The molecule has 29 heavy (non-hydrogen) atoms. The highest BCUT2D eigenvalue weighted by Gasteiger charge is 2.18. The summed E-state index contributed by atoms with van der Waals surface area (Å²) >= 11 is 0. The number of hydrogen-bond donors (Lipinski definition) is 1. The van der Waals surface area contributed by atoms with Gasteiger partial charge >= 0.3 is 0 Å². The smallest absolute Gasteiger partial charge is 0.241 e. The Labute approximate surface area is 170 Å². The highest BCUT2D eigenvalue weighted by atomic mass is 16.2. The zero-order valence-electron chi connectivity index (χ0n) is 17.0. The van der Waals surface area contributed by atoms with Gasteiger partial charge in [-0.2, -0.15) is 5.10 Å². The second-order valence-corrected chi connectivity index (χ2v) is 7.47. The van der Waals surface area contributed by atoms with Crippen molar-refractivity contribution >= 4 is 16.9 Å². The molecule has 0 fully saturated rings. The minimum Gasteiger partial charge on any atom is -0.354 e. The van der Waals surface area contributed by atoms with Gasteiger partial charge in [0.2, 0.25) is 5.91 Å². The van der Waals surface area contributed by atoms with Crippen LogP contribution >= 0.6 is 0 Å². The standard InChI is InChI=1S/C23H25N5O/c1-16-13-18(3)25-22-21(16)23(27-11-7-8-12-27)26-28(22)15-20(29)24-14-17(2)19-9-5-4-6-10-19/h4-13,17H,14-15H2,1-3H3,(H,24,29). The van der Waals surface area contributed by atoms with Gasteiger partial charge in [0.25, 0.3) is 0 Å². The number of aromatic nitrogens is 4. The van der Waals surface area contributed by atoms with Gasteiger partial charge in [0.1, 0.15) is 6.54 Å². The predicted molar refractivity (Wildman–Crippen MR) is 114 cm³/mol. The summed E-state index contributed by atoms with van der Waals surface area (Å²) in [6.07, 6.45) is 3.90. The molecule has 1 amide bonds. The molecule has 0 radical (unpaired) electrons. The minimum absolute atomic E-state index is 0.0720. The van der Waals surface area contributed by atoms with Crippen molar-refractivity contribution in [3.8, 4) is 5.82 Å². The van der Waals surface area contributed by atoms with E-state index in [0.717, 1.165) is 28.1 Å². The molecular weight excluding hydrogens is 362 g/mol. The lowest BCUT2D eigenvalue weighted by molar-refractivity contribution is -0.121. The molecule has 0 aliphatic rings. The van der Waals surface area contributed by atoms with Crippen molar-refractivity contribution in [3.05, 3.63) is 77.7 Å². The Morgan fingerprint density at radius 3 is 2.55 bits per heavy atom. The third-order valence-electron chi connectivity index (χ3n) is 5.13. The van der Waals surface area contributed by atoms with Gasteiger partial charge in [0.05, 0.1) is 5.39 Å². The first kappa shape index (κ1) is 18.9. The average Bonchev–Trinajstić information content (AvgIpc) is 3.35. The molecule has 148 valence electrons. The Hall–Kier alpha value is -3.41. The molecule has 3 heterocycles. The van der Waals surface area contributed by atoms with E-state index in [2.05, 4.69) is 36.3 Å². The zero-order valence-corrected chi connectivity index (χ0v) is 17.0. The van der Waals surface area contributed by atoms with E-state index in [1.54, 1.807) is 4.68 Å². The fourth-order valence-electron chi connectivity index (χ4n) is 3.62. The number of fused-ring (bicyclic) bond motifs is 1. The van der Waals surface area contributed by atoms with E-state index in [-0.39, 0.29) is 18.4 Å². The fourth-order valence-corrected chi connectivity index (χ4v) is 3.62. The molecule has 4 aromatic rings. The largest absolute Gasteiger partial charge is 0.354 e.